The molecule has 3 heteroatoms. The Hall–Kier alpha value is -2.16. The summed E-state index contributed by atoms with van der Waals surface area (Å²) >= 11 is 0. The fraction of sp³-hybridized carbons (Fsp3) is 0.429. The quantitative estimate of drug-likeness (QED) is 0.571. The summed E-state index contributed by atoms with van der Waals surface area (Å²) in [4.78, 5) is 0. The molecule has 0 bridgehead atoms. The van der Waals surface area contributed by atoms with E-state index < -0.39 is 0 Å². The van der Waals surface area contributed by atoms with Gasteiger partial charge in [-0.15, -0.1) is 0 Å². The first-order valence-electron chi connectivity index (χ1n) is 8.52. The summed E-state index contributed by atoms with van der Waals surface area (Å²) in [6.45, 7) is 6.47. The first-order chi connectivity index (χ1) is 11.7. The Labute approximate surface area is 145 Å². The highest BCUT2D eigenvalue weighted by Crippen LogP contribution is 2.31. The van der Waals surface area contributed by atoms with Crippen molar-refractivity contribution in [2.24, 2.45) is 0 Å². The minimum absolute atomic E-state index is 0.497. The van der Waals surface area contributed by atoms with E-state index in [0.29, 0.717) is 12.5 Å². The lowest BCUT2D eigenvalue weighted by Gasteiger charge is -2.20. The van der Waals surface area contributed by atoms with Crippen LogP contribution in [0, 0.1) is 0 Å². The Bertz CT molecular complexity index is 596. The van der Waals surface area contributed by atoms with Gasteiger partial charge >= 0.3 is 0 Å². The molecule has 2 rings (SSSR count). The van der Waals surface area contributed by atoms with Crippen LogP contribution in [0.15, 0.2) is 60.1 Å². The van der Waals surface area contributed by atoms with E-state index in [1.165, 1.54) is 11.1 Å². The molecule has 0 N–H and O–H groups in total. The average Bonchev–Trinajstić information content (AvgIpc) is 2.64. The number of benzene rings is 1. The molecule has 3 nitrogen and oxygen atoms in total. The molecule has 1 aromatic rings. The zero-order chi connectivity index (χ0) is 17.4. The summed E-state index contributed by atoms with van der Waals surface area (Å²) < 4.78 is 16.4. The smallest absolute Gasteiger partial charge is 0.121 e. The van der Waals surface area contributed by atoms with Gasteiger partial charge in [0.25, 0.3) is 0 Å². The summed E-state index contributed by atoms with van der Waals surface area (Å²) in [5, 5.41) is 0. The molecule has 0 aliphatic heterocycles. The van der Waals surface area contributed by atoms with Crippen molar-refractivity contribution in [3.05, 3.63) is 65.7 Å². The molecule has 0 saturated carbocycles. The highest BCUT2D eigenvalue weighted by molar-refractivity contribution is 5.30. The van der Waals surface area contributed by atoms with Crippen molar-refractivity contribution in [2.45, 2.75) is 38.5 Å². The van der Waals surface area contributed by atoms with E-state index in [-0.39, 0.29) is 0 Å². The molecule has 1 atom stereocenters. The molecule has 1 aliphatic carbocycles. The largest absolute Gasteiger partial charge is 0.501 e. The maximum absolute atomic E-state index is 5.53. The van der Waals surface area contributed by atoms with Gasteiger partial charge in [-0.05, 0) is 48.4 Å². The van der Waals surface area contributed by atoms with Gasteiger partial charge in [0.15, 0.2) is 0 Å². The first kappa shape index (κ1) is 18.2. The number of hydrogen-bond donors (Lipinski definition) is 0. The first-order valence-corrected chi connectivity index (χ1v) is 8.52. The second-order valence-electron chi connectivity index (χ2n) is 6.10. The van der Waals surface area contributed by atoms with Gasteiger partial charge in [0.2, 0.25) is 0 Å². The summed E-state index contributed by atoms with van der Waals surface area (Å²) in [5.74, 6) is 3.36. The van der Waals surface area contributed by atoms with Crippen molar-refractivity contribution in [3.8, 4) is 5.75 Å². The second kappa shape index (κ2) is 9.21. The second-order valence-corrected chi connectivity index (χ2v) is 6.10. The summed E-state index contributed by atoms with van der Waals surface area (Å²) in [7, 11) is 3.45. The van der Waals surface area contributed by atoms with E-state index in [4.69, 9.17) is 14.2 Å². The molecule has 1 aliphatic rings. The number of hydrogen-bond acceptors (Lipinski definition) is 3. The highest BCUT2D eigenvalue weighted by Gasteiger charge is 2.16. The Morgan fingerprint density at radius 3 is 2.50 bits per heavy atom. The fourth-order valence-electron chi connectivity index (χ4n) is 2.94. The van der Waals surface area contributed by atoms with Crippen molar-refractivity contribution in [1.29, 1.82) is 0 Å². The van der Waals surface area contributed by atoms with Crippen LogP contribution in [0.5, 0.6) is 5.75 Å². The lowest BCUT2D eigenvalue weighted by molar-refractivity contribution is 0.252. The van der Waals surface area contributed by atoms with Gasteiger partial charge in [0.05, 0.1) is 20.0 Å². The molecule has 0 radical (unpaired) electrons. The summed E-state index contributed by atoms with van der Waals surface area (Å²) in [6.07, 6.45) is 7.91. The van der Waals surface area contributed by atoms with E-state index in [1.54, 1.807) is 20.3 Å². The Balaban J connectivity index is 1.94. The minimum atomic E-state index is 0.497. The average molecular weight is 328 g/mol. The van der Waals surface area contributed by atoms with Gasteiger partial charge in [0.1, 0.15) is 18.1 Å². The third-order valence-electron chi connectivity index (χ3n) is 4.49. The molecule has 24 heavy (non-hydrogen) atoms. The van der Waals surface area contributed by atoms with E-state index in [2.05, 4.69) is 25.6 Å². The lowest BCUT2D eigenvalue weighted by Crippen LogP contribution is -2.04. The molecule has 0 heterocycles. The Morgan fingerprint density at radius 2 is 1.88 bits per heavy atom. The van der Waals surface area contributed by atoms with Crippen molar-refractivity contribution >= 4 is 0 Å². The predicted molar refractivity (Wildman–Crippen MR) is 98.1 cm³/mol. The van der Waals surface area contributed by atoms with Crippen LogP contribution in [-0.2, 0) is 9.47 Å². The van der Waals surface area contributed by atoms with Crippen LogP contribution in [0.2, 0.25) is 0 Å². The number of allylic oxidation sites excluding steroid dienone is 3. The summed E-state index contributed by atoms with van der Waals surface area (Å²) in [5.41, 5.74) is 2.72. The van der Waals surface area contributed by atoms with Crippen LogP contribution in [0.3, 0.4) is 0 Å². The van der Waals surface area contributed by atoms with E-state index in [0.717, 1.165) is 43.0 Å². The highest BCUT2D eigenvalue weighted by atomic mass is 16.5. The molecule has 0 spiro atoms. The number of ether oxygens (including phenoxy) is 3. The predicted octanol–water partition coefficient (Wildman–Crippen LogP) is 5.36. The van der Waals surface area contributed by atoms with Crippen LogP contribution in [0.25, 0.3) is 0 Å². The van der Waals surface area contributed by atoms with Crippen LogP contribution in [0.1, 0.15) is 44.1 Å². The standard InChI is InChI=1S/C21H28O3/c1-5-14-24-19-11-8-17(9-12-19)16(2)6-7-18-10-13-20(22-3)15-21(18)23-4/h5,8-9,11-12,15-16H,1,6-7,10,13-14H2,2-4H3. The van der Waals surface area contributed by atoms with Crippen LogP contribution in [0.4, 0.5) is 0 Å². The van der Waals surface area contributed by atoms with Gasteiger partial charge in [-0.3, -0.25) is 0 Å². The van der Waals surface area contributed by atoms with Crippen LogP contribution < -0.4 is 4.74 Å². The third-order valence-corrected chi connectivity index (χ3v) is 4.49. The molecule has 130 valence electrons. The fourth-order valence-corrected chi connectivity index (χ4v) is 2.94. The van der Waals surface area contributed by atoms with Gasteiger partial charge in [-0.25, -0.2) is 0 Å². The van der Waals surface area contributed by atoms with E-state index in [1.807, 2.05) is 18.2 Å². The Kier molecular flexibility index (Phi) is 6.98. The summed E-state index contributed by atoms with van der Waals surface area (Å²) in [6, 6.07) is 8.36. The van der Waals surface area contributed by atoms with Crippen molar-refractivity contribution in [2.75, 3.05) is 20.8 Å². The van der Waals surface area contributed by atoms with Gasteiger partial charge in [-0.2, -0.15) is 0 Å². The molecule has 0 saturated heterocycles. The van der Waals surface area contributed by atoms with Crippen LogP contribution >= 0.6 is 0 Å². The van der Waals surface area contributed by atoms with E-state index >= 15 is 0 Å². The molecule has 1 unspecified atom stereocenters. The molecular formula is C21H28O3. The number of methoxy groups -OCH3 is 2. The van der Waals surface area contributed by atoms with Crippen LogP contribution in [-0.4, -0.2) is 20.8 Å². The maximum Gasteiger partial charge on any atom is 0.121 e. The molecule has 0 amide bonds. The van der Waals surface area contributed by atoms with Gasteiger partial charge in [-0.1, -0.05) is 31.7 Å². The van der Waals surface area contributed by atoms with Crippen molar-refractivity contribution in [3.63, 3.8) is 0 Å². The molecule has 1 aromatic carbocycles. The van der Waals surface area contributed by atoms with Gasteiger partial charge in [0, 0.05) is 12.5 Å². The Morgan fingerprint density at radius 1 is 1.12 bits per heavy atom. The zero-order valence-electron chi connectivity index (χ0n) is 15.0. The molecular weight excluding hydrogens is 300 g/mol. The maximum atomic E-state index is 5.53. The van der Waals surface area contributed by atoms with Gasteiger partial charge < -0.3 is 14.2 Å². The van der Waals surface area contributed by atoms with Crippen molar-refractivity contribution in [1.82, 2.24) is 0 Å². The number of rotatable bonds is 9. The monoisotopic (exact) mass is 328 g/mol. The van der Waals surface area contributed by atoms with E-state index in [9.17, 15) is 0 Å². The molecule has 0 fully saturated rings. The SMILES string of the molecule is C=CCOc1ccc(C(C)CCC2=C(OC)C=C(OC)CC2)cc1. The minimum Gasteiger partial charge on any atom is -0.501 e. The van der Waals surface area contributed by atoms with Crippen molar-refractivity contribution < 1.29 is 14.2 Å². The topological polar surface area (TPSA) is 27.7 Å². The lowest BCUT2D eigenvalue weighted by atomic mass is 9.90. The normalized spacial score (nSPS) is 15.5. The zero-order valence-corrected chi connectivity index (χ0v) is 15.0. The molecule has 0 aromatic heterocycles. The third kappa shape index (κ3) is 4.92.